The number of rotatable bonds is 13. The van der Waals surface area contributed by atoms with Gasteiger partial charge in [0.1, 0.15) is 11.5 Å². The van der Waals surface area contributed by atoms with Gasteiger partial charge in [0.05, 0.1) is 13.7 Å². The fraction of sp³-hybridized carbons (Fsp3) is 0.235. The van der Waals surface area contributed by atoms with Gasteiger partial charge < -0.3 is 19.3 Å². The fourth-order valence-electron chi connectivity index (χ4n) is 5.00. The molecular formula is C34H34BrN3O5. The molecule has 0 aliphatic carbocycles. The lowest BCUT2D eigenvalue weighted by molar-refractivity contribution is -0.130. The number of ether oxygens (including phenoxy) is 3. The van der Waals surface area contributed by atoms with E-state index in [1.165, 1.54) is 0 Å². The van der Waals surface area contributed by atoms with E-state index in [1.54, 1.807) is 7.11 Å². The number of para-hydroxylation sites is 1. The Balaban J connectivity index is 1.49. The first-order valence-electron chi connectivity index (χ1n) is 14.1. The molecule has 0 bridgehead atoms. The summed E-state index contributed by atoms with van der Waals surface area (Å²) in [6.45, 7) is 0.844. The monoisotopic (exact) mass is 643 g/mol. The second-order valence-corrected chi connectivity index (χ2v) is 11.0. The van der Waals surface area contributed by atoms with E-state index in [9.17, 15) is 4.79 Å². The molecule has 0 radical (unpaired) electrons. The summed E-state index contributed by atoms with van der Waals surface area (Å²) < 4.78 is 18.7. The molecule has 1 aliphatic heterocycles. The van der Waals surface area contributed by atoms with Crippen LogP contribution in [0.15, 0.2) is 113 Å². The van der Waals surface area contributed by atoms with E-state index >= 15 is 0 Å². The van der Waals surface area contributed by atoms with Crippen LogP contribution in [0.3, 0.4) is 0 Å². The number of hydrogen-bond acceptors (Lipinski definition) is 7. The van der Waals surface area contributed by atoms with Gasteiger partial charge in [-0.05, 0) is 53.6 Å². The van der Waals surface area contributed by atoms with Crippen LogP contribution in [0.25, 0.3) is 0 Å². The van der Waals surface area contributed by atoms with Crippen LogP contribution in [0.4, 0.5) is 0 Å². The molecule has 5 rings (SSSR count). The molecule has 0 unspecified atom stereocenters. The minimum atomic E-state index is -1.32. The van der Waals surface area contributed by atoms with Crippen molar-refractivity contribution in [1.82, 2.24) is 10.9 Å². The van der Waals surface area contributed by atoms with Crippen molar-refractivity contribution in [1.29, 1.82) is 0 Å². The highest BCUT2D eigenvalue weighted by Crippen LogP contribution is 2.42. The number of aliphatic hydroxyl groups excluding tert-OH is 1. The van der Waals surface area contributed by atoms with E-state index in [4.69, 9.17) is 24.3 Å². The Morgan fingerprint density at radius 3 is 2.42 bits per heavy atom. The SMILES string of the molecule is COc1ccccc1CNNC(=O)[C@@]1(Cc2ccc(Br)cc2)N=C(c2ccc(OCCCO)cc2)O[C@H]1c1ccccc1. The molecule has 2 atom stereocenters. The summed E-state index contributed by atoms with van der Waals surface area (Å²) in [6, 6.07) is 32.6. The maximum atomic E-state index is 14.3. The van der Waals surface area contributed by atoms with Crippen molar-refractivity contribution in [3.8, 4) is 11.5 Å². The molecule has 43 heavy (non-hydrogen) atoms. The number of methoxy groups -OCH3 is 1. The first-order chi connectivity index (χ1) is 21.0. The molecule has 1 aliphatic rings. The van der Waals surface area contributed by atoms with Gasteiger partial charge in [0, 0.05) is 41.6 Å². The van der Waals surface area contributed by atoms with Crippen molar-refractivity contribution in [2.45, 2.75) is 31.0 Å². The van der Waals surface area contributed by atoms with E-state index in [0.29, 0.717) is 37.6 Å². The Labute approximate surface area is 259 Å². The second-order valence-electron chi connectivity index (χ2n) is 10.1. The predicted molar refractivity (Wildman–Crippen MR) is 169 cm³/mol. The molecule has 3 N–H and O–H groups in total. The lowest BCUT2D eigenvalue weighted by Crippen LogP contribution is -2.53. The van der Waals surface area contributed by atoms with Crippen LogP contribution < -0.4 is 20.3 Å². The number of hydrogen-bond donors (Lipinski definition) is 3. The van der Waals surface area contributed by atoms with Gasteiger partial charge in [0.15, 0.2) is 11.6 Å². The van der Waals surface area contributed by atoms with Gasteiger partial charge >= 0.3 is 0 Å². The summed E-state index contributed by atoms with van der Waals surface area (Å²) in [7, 11) is 1.62. The molecule has 1 amide bonds. The summed E-state index contributed by atoms with van der Waals surface area (Å²) >= 11 is 3.51. The summed E-state index contributed by atoms with van der Waals surface area (Å²) in [4.78, 5) is 19.4. The topological polar surface area (TPSA) is 101 Å². The van der Waals surface area contributed by atoms with Crippen molar-refractivity contribution < 1.29 is 24.1 Å². The number of carbonyl (C=O) groups is 1. The summed E-state index contributed by atoms with van der Waals surface area (Å²) in [5, 5.41) is 9.04. The lowest BCUT2D eigenvalue weighted by Gasteiger charge is -2.31. The zero-order valence-electron chi connectivity index (χ0n) is 23.8. The number of aliphatic imine (C=N–C) groups is 1. The minimum absolute atomic E-state index is 0.0693. The molecule has 1 heterocycles. The van der Waals surface area contributed by atoms with Crippen LogP contribution >= 0.6 is 15.9 Å². The van der Waals surface area contributed by atoms with Crippen molar-refractivity contribution in [3.63, 3.8) is 0 Å². The Kier molecular flexibility index (Phi) is 10.1. The van der Waals surface area contributed by atoms with E-state index in [2.05, 4.69) is 26.8 Å². The number of halogens is 1. The van der Waals surface area contributed by atoms with Gasteiger partial charge in [0.2, 0.25) is 5.90 Å². The van der Waals surface area contributed by atoms with Crippen LogP contribution in [0.1, 0.15) is 34.8 Å². The molecule has 222 valence electrons. The second kappa shape index (κ2) is 14.3. The Hall–Kier alpha value is -4.18. The van der Waals surface area contributed by atoms with Gasteiger partial charge in [-0.1, -0.05) is 76.6 Å². The minimum Gasteiger partial charge on any atom is -0.496 e. The predicted octanol–water partition coefficient (Wildman–Crippen LogP) is 5.54. The van der Waals surface area contributed by atoms with Crippen molar-refractivity contribution in [2.24, 2.45) is 4.99 Å². The standard InChI is InChI=1S/C34H34BrN3O5/c1-41-30-11-6-5-10-27(30)23-36-38-33(40)34(22-24-12-16-28(35)17-13-24)31(25-8-3-2-4-9-25)43-32(37-34)26-14-18-29(19-15-26)42-21-7-20-39/h2-6,8-19,31,36,39H,7,20-23H2,1H3,(H,38,40)/t31-,34-/m0/s1. The van der Waals surface area contributed by atoms with Crippen LogP contribution in [0, 0.1) is 0 Å². The van der Waals surface area contributed by atoms with E-state index in [1.807, 2.05) is 103 Å². The number of nitrogens with zero attached hydrogens (tertiary/aromatic N) is 1. The Morgan fingerprint density at radius 2 is 1.70 bits per heavy atom. The number of amides is 1. The Bertz CT molecular complexity index is 1530. The van der Waals surface area contributed by atoms with Crippen LogP contribution in [-0.2, 0) is 22.5 Å². The molecule has 0 spiro atoms. The first kappa shape index (κ1) is 30.3. The summed E-state index contributed by atoms with van der Waals surface area (Å²) in [6.07, 6.45) is 0.157. The zero-order chi connectivity index (χ0) is 30.1. The molecule has 0 saturated heterocycles. The highest BCUT2D eigenvalue weighted by atomic mass is 79.9. The van der Waals surface area contributed by atoms with Gasteiger partial charge in [-0.3, -0.25) is 10.2 Å². The van der Waals surface area contributed by atoms with Crippen molar-refractivity contribution in [3.05, 3.63) is 130 Å². The third-order valence-electron chi connectivity index (χ3n) is 7.19. The lowest BCUT2D eigenvalue weighted by atomic mass is 9.82. The van der Waals surface area contributed by atoms with Gasteiger partial charge in [-0.15, -0.1) is 0 Å². The average Bonchev–Trinajstić information content (AvgIpc) is 3.43. The van der Waals surface area contributed by atoms with E-state index < -0.39 is 11.6 Å². The van der Waals surface area contributed by atoms with Crippen LogP contribution in [0.5, 0.6) is 11.5 Å². The first-order valence-corrected chi connectivity index (χ1v) is 14.9. The van der Waals surface area contributed by atoms with Crippen LogP contribution in [0.2, 0.25) is 0 Å². The molecule has 0 aromatic heterocycles. The van der Waals surface area contributed by atoms with Crippen LogP contribution in [-0.4, -0.2) is 42.8 Å². The van der Waals surface area contributed by atoms with Crippen molar-refractivity contribution in [2.75, 3.05) is 20.3 Å². The summed E-state index contributed by atoms with van der Waals surface area (Å²) in [5.74, 6) is 1.45. The number of nitrogens with one attached hydrogen (secondary N) is 2. The molecule has 4 aromatic rings. The molecule has 4 aromatic carbocycles. The highest BCUT2D eigenvalue weighted by molar-refractivity contribution is 9.10. The smallest absolute Gasteiger partial charge is 0.266 e. The van der Waals surface area contributed by atoms with Gasteiger partial charge in [-0.25, -0.2) is 10.4 Å². The van der Waals surface area contributed by atoms with Gasteiger partial charge in [-0.2, -0.15) is 0 Å². The maximum absolute atomic E-state index is 14.3. The third kappa shape index (κ3) is 7.25. The molecule has 9 heteroatoms. The van der Waals surface area contributed by atoms with E-state index in [-0.39, 0.29) is 12.5 Å². The normalized spacial score (nSPS) is 17.6. The molecular weight excluding hydrogens is 610 g/mol. The number of aliphatic hydroxyl groups is 1. The van der Waals surface area contributed by atoms with E-state index in [0.717, 1.165) is 32.5 Å². The van der Waals surface area contributed by atoms with Crippen molar-refractivity contribution >= 4 is 27.7 Å². The fourth-order valence-corrected chi connectivity index (χ4v) is 5.26. The average molecular weight is 645 g/mol. The number of carbonyl (C=O) groups excluding carboxylic acids is 1. The highest BCUT2D eigenvalue weighted by Gasteiger charge is 2.53. The Morgan fingerprint density at radius 1 is 0.977 bits per heavy atom. The molecule has 8 nitrogen and oxygen atoms in total. The largest absolute Gasteiger partial charge is 0.496 e. The van der Waals surface area contributed by atoms with Gasteiger partial charge in [0.25, 0.3) is 5.91 Å². The third-order valence-corrected chi connectivity index (χ3v) is 7.72. The molecule has 0 fully saturated rings. The number of hydrazine groups is 1. The quantitative estimate of drug-likeness (QED) is 0.131. The molecule has 0 saturated carbocycles. The zero-order valence-corrected chi connectivity index (χ0v) is 25.4. The maximum Gasteiger partial charge on any atom is 0.266 e. The number of benzene rings is 4. The summed E-state index contributed by atoms with van der Waals surface area (Å²) in [5.41, 5.74) is 8.08.